The zero-order valence-corrected chi connectivity index (χ0v) is 11.4. The number of carbonyl (C=O) groups excluding carboxylic acids is 1. The van der Waals surface area contributed by atoms with Gasteiger partial charge in [0.05, 0.1) is 10.9 Å². The topological polar surface area (TPSA) is 41.5 Å². The first-order valence-electron chi connectivity index (χ1n) is 6.31. The number of amides is 1. The molecule has 3 rings (SSSR count). The Balaban J connectivity index is 1.91. The van der Waals surface area contributed by atoms with Crippen molar-refractivity contribution in [3.63, 3.8) is 0 Å². The molecule has 1 N–H and O–H groups in total. The summed E-state index contributed by atoms with van der Waals surface area (Å²) in [6, 6.07) is 14.2. The van der Waals surface area contributed by atoms with Crippen LogP contribution < -0.4 is 5.32 Å². The number of aliphatic imine (C=N–C) groups is 1. The number of rotatable bonds is 2. The van der Waals surface area contributed by atoms with Crippen LogP contribution in [0, 0.1) is 0 Å². The maximum atomic E-state index is 11.6. The van der Waals surface area contributed by atoms with Gasteiger partial charge in [0, 0.05) is 0 Å². The number of amidine groups is 1. The number of nitrogens with one attached hydrogen (secondary N) is 1. The lowest BCUT2D eigenvalue weighted by molar-refractivity contribution is -0.118. The second-order valence-electron chi connectivity index (χ2n) is 4.45. The Hall–Kier alpha value is -1.81. The van der Waals surface area contributed by atoms with Crippen molar-refractivity contribution in [2.75, 3.05) is 0 Å². The largest absolute Gasteiger partial charge is 0.304 e. The lowest BCUT2D eigenvalue weighted by Gasteiger charge is -2.00. The zero-order chi connectivity index (χ0) is 13.2. The first-order valence-corrected chi connectivity index (χ1v) is 7.19. The van der Waals surface area contributed by atoms with Crippen LogP contribution in [0.4, 0.5) is 5.69 Å². The van der Waals surface area contributed by atoms with Crippen molar-refractivity contribution < 1.29 is 4.79 Å². The minimum absolute atomic E-state index is 0.000735. The molecule has 4 heteroatoms. The number of nitrogens with zero attached hydrogens (tertiary/aromatic N) is 1. The number of thioether (sulfide) groups is 1. The van der Waals surface area contributed by atoms with E-state index in [1.54, 1.807) is 0 Å². The van der Waals surface area contributed by atoms with Crippen LogP contribution in [0.1, 0.15) is 13.3 Å². The highest BCUT2D eigenvalue weighted by Crippen LogP contribution is 2.26. The Morgan fingerprint density at radius 1 is 1.21 bits per heavy atom. The average molecular weight is 270 g/mol. The van der Waals surface area contributed by atoms with Crippen LogP contribution >= 0.6 is 11.8 Å². The molecule has 1 saturated heterocycles. The standard InChI is InChI=1S/C15H14N2OS/c1-2-13-14(18)17-15(19-13)16-12-8-7-10-5-3-4-6-11(10)9-12/h3-9,13H,2H2,1H3,(H,16,17,18)/t13-/m1/s1. The molecule has 1 heterocycles. The number of hydrogen-bond donors (Lipinski definition) is 1. The first-order chi connectivity index (χ1) is 9.26. The Kier molecular flexibility index (Phi) is 3.25. The van der Waals surface area contributed by atoms with Gasteiger partial charge < -0.3 is 5.32 Å². The summed E-state index contributed by atoms with van der Waals surface area (Å²) in [5.41, 5.74) is 0.873. The first kappa shape index (κ1) is 12.2. The predicted octanol–water partition coefficient (Wildman–Crippen LogP) is 3.47. The second kappa shape index (κ2) is 5.05. The summed E-state index contributed by atoms with van der Waals surface area (Å²) in [6.07, 6.45) is 0.827. The normalized spacial score (nSPS) is 21.0. The SMILES string of the molecule is CC[C@H]1SC(=Nc2ccc3ccccc3c2)NC1=O. The van der Waals surface area contributed by atoms with Crippen molar-refractivity contribution in [3.05, 3.63) is 42.5 Å². The van der Waals surface area contributed by atoms with E-state index in [-0.39, 0.29) is 11.2 Å². The minimum atomic E-state index is -0.000735. The van der Waals surface area contributed by atoms with Crippen molar-refractivity contribution in [1.29, 1.82) is 0 Å². The molecule has 0 bridgehead atoms. The highest BCUT2D eigenvalue weighted by atomic mass is 32.2. The maximum absolute atomic E-state index is 11.6. The number of hydrogen-bond acceptors (Lipinski definition) is 3. The van der Waals surface area contributed by atoms with Gasteiger partial charge in [-0.2, -0.15) is 0 Å². The lowest BCUT2D eigenvalue weighted by atomic mass is 10.1. The van der Waals surface area contributed by atoms with Crippen molar-refractivity contribution in [3.8, 4) is 0 Å². The molecular weight excluding hydrogens is 256 g/mol. The predicted molar refractivity (Wildman–Crippen MR) is 80.9 cm³/mol. The molecule has 0 aromatic heterocycles. The molecule has 3 nitrogen and oxygen atoms in total. The summed E-state index contributed by atoms with van der Waals surface area (Å²) < 4.78 is 0. The third-order valence-electron chi connectivity index (χ3n) is 3.11. The molecule has 0 unspecified atom stereocenters. The van der Waals surface area contributed by atoms with Crippen LogP contribution in [-0.4, -0.2) is 16.3 Å². The Bertz CT molecular complexity index is 666. The van der Waals surface area contributed by atoms with Crippen LogP contribution in [0.5, 0.6) is 0 Å². The number of benzene rings is 2. The molecule has 2 aromatic rings. The van der Waals surface area contributed by atoms with Crippen LogP contribution in [0.3, 0.4) is 0 Å². The van der Waals surface area contributed by atoms with Gasteiger partial charge in [-0.15, -0.1) is 0 Å². The summed E-state index contributed by atoms with van der Waals surface area (Å²) in [5, 5.41) is 5.88. The molecule has 2 aromatic carbocycles. The van der Waals surface area contributed by atoms with Gasteiger partial charge >= 0.3 is 0 Å². The fourth-order valence-corrected chi connectivity index (χ4v) is 3.01. The Morgan fingerprint density at radius 2 is 2.00 bits per heavy atom. The Morgan fingerprint density at radius 3 is 2.74 bits per heavy atom. The van der Waals surface area contributed by atoms with Gasteiger partial charge in [0.15, 0.2) is 5.17 Å². The van der Waals surface area contributed by atoms with E-state index < -0.39 is 0 Å². The third-order valence-corrected chi connectivity index (χ3v) is 4.36. The molecule has 1 aliphatic rings. The monoisotopic (exact) mass is 270 g/mol. The summed E-state index contributed by atoms with van der Waals surface area (Å²) in [4.78, 5) is 16.1. The van der Waals surface area contributed by atoms with E-state index in [1.807, 2.05) is 37.3 Å². The van der Waals surface area contributed by atoms with Gasteiger partial charge in [0.25, 0.3) is 0 Å². The quantitative estimate of drug-likeness (QED) is 0.907. The van der Waals surface area contributed by atoms with E-state index in [0.29, 0.717) is 5.17 Å². The van der Waals surface area contributed by atoms with Crippen LogP contribution in [0.25, 0.3) is 10.8 Å². The molecule has 1 atom stereocenters. The molecule has 1 fully saturated rings. The van der Waals surface area contributed by atoms with E-state index in [2.05, 4.69) is 22.4 Å². The molecule has 1 amide bonds. The van der Waals surface area contributed by atoms with E-state index >= 15 is 0 Å². The minimum Gasteiger partial charge on any atom is -0.304 e. The summed E-state index contributed by atoms with van der Waals surface area (Å²) in [6.45, 7) is 2.01. The Labute approximate surface area is 116 Å². The number of fused-ring (bicyclic) bond motifs is 1. The van der Waals surface area contributed by atoms with Gasteiger partial charge in [-0.05, 0) is 29.3 Å². The maximum Gasteiger partial charge on any atom is 0.239 e. The molecule has 0 aliphatic carbocycles. The molecule has 0 saturated carbocycles. The van der Waals surface area contributed by atoms with E-state index in [4.69, 9.17) is 0 Å². The van der Waals surface area contributed by atoms with Crippen molar-refractivity contribution >= 4 is 39.3 Å². The summed E-state index contributed by atoms with van der Waals surface area (Å²) in [7, 11) is 0. The third kappa shape index (κ3) is 2.49. The zero-order valence-electron chi connectivity index (χ0n) is 10.6. The molecule has 19 heavy (non-hydrogen) atoms. The molecule has 0 radical (unpaired) electrons. The van der Waals surface area contributed by atoms with Gasteiger partial charge in [-0.25, -0.2) is 4.99 Å². The smallest absolute Gasteiger partial charge is 0.239 e. The highest BCUT2D eigenvalue weighted by Gasteiger charge is 2.28. The lowest BCUT2D eigenvalue weighted by Crippen LogP contribution is -2.24. The summed E-state index contributed by atoms with van der Waals surface area (Å²) >= 11 is 1.51. The van der Waals surface area contributed by atoms with Gasteiger partial charge in [-0.3, -0.25) is 4.79 Å². The van der Waals surface area contributed by atoms with Gasteiger partial charge in [-0.1, -0.05) is 49.0 Å². The molecular formula is C15H14N2OS. The van der Waals surface area contributed by atoms with Crippen LogP contribution in [-0.2, 0) is 4.79 Å². The van der Waals surface area contributed by atoms with E-state index in [9.17, 15) is 4.79 Å². The van der Waals surface area contributed by atoms with E-state index in [1.165, 1.54) is 17.1 Å². The van der Waals surface area contributed by atoms with Crippen molar-refractivity contribution in [1.82, 2.24) is 5.32 Å². The fourth-order valence-electron chi connectivity index (χ4n) is 2.09. The van der Waals surface area contributed by atoms with Crippen molar-refractivity contribution in [2.24, 2.45) is 4.99 Å². The molecule has 1 aliphatic heterocycles. The van der Waals surface area contributed by atoms with Crippen molar-refractivity contribution in [2.45, 2.75) is 18.6 Å². The highest BCUT2D eigenvalue weighted by molar-refractivity contribution is 8.15. The molecule has 0 spiro atoms. The second-order valence-corrected chi connectivity index (χ2v) is 5.64. The summed E-state index contributed by atoms with van der Waals surface area (Å²) in [5.74, 6) is 0.0621. The molecule has 96 valence electrons. The fraction of sp³-hybridized carbons (Fsp3) is 0.200. The van der Waals surface area contributed by atoms with Crippen LogP contribution in [0.15, 0.2) is 47.5 Å². The van der Waals surface area contributed by atoms with Gasteiger partial charge in [0.1, 0.15) is 0 Å². The average Bonchev–Trinajstić information content (AvgIpc) is 2.78. The van der Waals surface area contributed by atoms with Gasteiger partial charge in [0.2, 0.25) is 5.91 Å². The number of carbonyl (C=O) groups is 1. The van der Waals surface area contributed by atoms with E-state index in [0.717, 1.165) is 17.5 Å². The van der Waals surface area contributed by atoms with Crippen LogP contribution in [0.2, 0.25) is 0 Å².